The molecule has 1 rings (SSSR count). The monoisotopic (exact) mass is 247 g/mol. The van der Waals surface area contributed by atoms with Crippen LogP contribution in [0.4, 0.5) is 0 Å². The van der Waals surface area contributed by atoms with Crippen LogP contribution >= 0.6 is 0 Å². The summed E-state index contributed by atoms with van der Waals surface area (Å²) < 4.78 is 5.04. The first-order chi connectivity index (χ1) is 8.71. The highest BCUT2D eigenvalue weighted by Gasteiger charge is 2.40. The Hall–Kier alpha value is -1.86. The van der Waals surface area contributed by atoms with Gasteiger partial charge in [0.2, 0.25) is 0 Å². The zero-order valence-electron chi connectivity index (χ0n) is 10.4. The first-order valence-electron chi connectivity index (χ1n) is 5.92. The quantitative estimate of drug-likeness (QED) is 0.778. The van der Waals surface area contributed by atoms with Gasteiger partial charge in [0, 0.05) is 6.42 Å². The molecule has 0 heterocycles. The topological polar surface area (TPSA) is 70.3 Å². The van der Waals surface area contributed by atoms with Crippen molar-refractivity contribution < 1.29 is 14.6 Å². The molecule has 4 heteroatoms. The highest BCUT2D eigenvalue weighted by Crippen LogP contribution is 2.30. The van der Waals surface area contributed by atoms with Gasteiger partial charge in [-0.15, -0.1) is 0 Å². The second-order valence-corrected chi connectivity index (χ2v) is 3.98. The molecular formula is C14H17NO3. The first-order valence-corrected chi connectivity index (χ1v) is 5.92. The summed E-state index contributed by atoms with van der Waals surface area (Å²) >= 11 is 0. The average Bonchev–Trinajstić information content (AvgIpc) is 2.42. The number of nitrogens with zero attached hydrogens (tertiary/aromatic N) is 1. The van der Waals surface area contributed by atoms with E-state index in [4.69, 9.17) is 10.00 Å². The Kier molecular flexibility index (Phi) is 5.34. The Morgan fingerprint density at radius 2 is 2.11 bits per heavy atom. The summed E-state index contributed by atoms with van der Waals surface area (Å²) in [7, 11) is 0. The van der Waals surface area contributed by atoms with Gasteiger partial charge < -0.3 is 9.84 Å². The third kappa shape index (κ3) is 2.88. The maximum Gasteiger partial charge on any atom is 0.318 e. The Balaban J connectivity index is 3.14. The lowest BCUT2D eigenvalue weighted by molar-refractivity contribution is -0.152. The summed E-state index contributed by atoms with van der Waals surface area (Å²) in [5, 5.41) is 18.3. The van der Waals surface area contributed by atoms with E-state index in [-0.39, 0.29) is 26.1 Å². The van der Waals surface area contributed by atoms with Crippen LogP contribution in [0.5, 0.6) is 0 Å². The van der Waals surface area contributed by atoms with Crippen LogP contribution in [0, 0.1) is 11.3 Å². The van der Waals surface area contributed by atoms with E-state index in [0.29, 0.717) is 5.56 Å². The van der Waals surface area contributed by atoms with Crippen molar-refractivity contribution in [2.75, 3.05) is 13.2 Å². The number of rotatable bonds is 6. The molecular weight excluding hydrogens is 230 g/mol. The maximum absolute atomic E-state index is 12.1. The molecule has 1 unspecified atom stereocenters. The number of nitriles is 1. The molecule has 1 aromatic carbocycles. The molecule has 0 bridgehead atoms. The van der Waals surface area contributed by atoms with Crippen molar-refractivity contribution in [1.29, 1.82) is 5.26 Å². The number of carbonyl (C=O) groups excluding carboxylic acids is 1. The zero-order chi connectivity index (χ0) is 13.4. The van der Waals surface area contributed by atoms with Crippen molar-refractivity contribution in [3.63, 3.8) is 0 Å². The minimum absolute atomic E-state index is 0.189. The van der Waals surface area contributed by atoms with Crippen LogP contribution < -0.4 is 0 Å². The van der Waals surface area contributed by atoms with Crippen LogP contribution in [-0.2, 0) is 14.9 Å². The molecule has 1 aromatic rings. The first kappa shape index (κ1) is 14.2. The second-order valence-electron chi connectivity index (χ2n) is 3.98. The Bertz CT molecular complexity index is 424. The largest absolute Gasteiger partial charge is 0.465 e. The smallest absolute Gasteiger partial charge is 0.318 e. The highest BCUT2D eigenvalue weighted by atomic mass is 16.5. The van der Waals surface area contributed by atoms with Crippen molar-refractivity contribution in [2.45, 2.75) is 25.2 Å². The standard InChI is InChI=1S/C14H17NO3/c1-2-18-13(17)14(11-16,9-6-10-15)12-7-4-3-5-8-12/h3-5,7-8,16H,2,6,9,11H2,1H3. The van der Waals surface area contributed by atoms with Crippen LogP contribution in [0.25, 0.3) is 0 Å². The van der Waals surface area contributed by atoms with Gasteiger partial charge in [-0.2, -0.15) is 5.26 Å². The van der Waals surface area contributed by atoms with Crippen molar-refractivity contribution >= 4 is 5.97 Å². The van der Waals surface area contributed by atoms with Crippen molar-refractivity contribution in [1.82, 2.24) is 0 Å². The number of aliphatic hydroxyl groups excluding tert-OH is 1. The molecule has 1 atom stereocenters. The third-order valence-electron chi connectivity index (χ3n) is 2.93. The van der Waals surface area contributed by atoms with E-state index >= 15 is 0 Å². The molecule has 0 amide bonds. The van der Waals surface area contributed by atoms with E-state index in [2.05, 4.69) is 0 Å². The maximum atomic E-state index is 12.1. The Morgan fingerprint density at radius 1 is 1.44 bits per heavy atom. The summed E-state index contributed by atoms with van der Waals surface area (Å²) in [6.45, 7) is 1.60. The summed E-state index contributed by atoms with van der Waals surface area (Å²) in [6.07, 6.45) is 0.442. The molecule has 0 saturated carbocycles. The minimum Gasteiger partial charge on any atom is -0.465 e. The van der Waals surface area contributed by atoms with E-state index in [1.165, 1.54) is 0 Å². The minimum atomic E-state index is -1.13. The second kappa shape index (κ2) is 6.77. The van der Waals surface area contributed by atoms with E-state index in [9.17, 15) is 9.90 Å². The number of hydrogen-bond acceptors (Lipinski definition) is 4. The molecule has 18 heavy (non-hydrogen) atoms. The number of ether oxygens (including phenoxy) is 1. The summed E-state index contributed by atoms with van der Waals surface area (Å²) in [4.78, 5) is 12.1. The van der Waals surface area contributed by atoms with Crippen LogP contribution in [0.15, 0.2) is 30.3 Å². The van der Waals surface area contributed by atoms with E-state index in [1.807, 2.05) is 12.1 Å². The van der Waals surface area contributed by atoms with E-state index in [0.717, 1.165) is 0 Å². The highest BCUT2D eigenvalue weighted by molar-refractivity contribution is 5.83. The van der Waals surface area contributed by atoms with Gasteiger partial charge in [-0.1, -0.05) is 30.3 Å². The molecule has 0 aliphatic carbocycles. The molecule has 0 aliphatic heterocycles. The fourth-order valence-corrected chi connectivity index (χ4v) is 1.89. The normalized spacial score (nSPS) is 13.4. The summed E-state index contributed by atoms with van der Waals surface area (Å²) in [6, 6.07) is 11.0. The van der Waals surface area contributed by atoms with Gasteiger partial charge in [-0.25, -0.2) is 0 Å². The molecule has 0 aromatic heterocycles. The predicted octanol–water partition coefficient (Wildman–Crippen LogP) is 1.78. The van der Waals surface area contributed by atoms with Gasteiger partial charge in [-0.3, -0.25) is 4.79 Å². The fourth-order valence-electron chi connectivity index (χ4n) is 1.89. The van der Waals surface area contributed by atoms with E-state index in [1.54, 1.807) is 31.2 Å². The van der Waals surface area contributed by atoms with Crippen LogP contribution in [0.3, 0.4) is 0 Å². The van der Waals surface area contributed by atoms with Gasteiger partial charge in [0.25, 0.3) is 0 Å². The molecule has 0 spiro atoms. The lowest BCUT2D eigenvalue weighted by Crippen LogP contribution is -2.41. The summed E-state index contributed by atoms with van der Waals surface area (Å²) in [5.41, 5.74) is -0.450. The molecule has 4 nitrogen and oxygen atoms in total. The van der Waals surface area contributed by atoms with Crippen molar-refractivity contribution in [3.05, 3.63) is 35.9 Å². The number of benzene rings is 1. The average molecular weight is 247 g/mol. The number of carbonyl (C=O) groups is 1. The molecule has 0 aliphatic rings. The molecule has 0 saturated heterocycles. The van der Waals surface area contributed by atoms with Crippen molar-refractivity contribution in [2.24, 2.45) is 0 Å². The Morgan fingerprint density at radius 3 is 2.61 bits per heavy atom. The van der Waals surface area contributed by atoms with Gasteiger partial charge in [0.1, 0.15) is 5.41 Å². The van der Waals surface area contributed by atoms with Gasteiger partial charge in [-0.05, 0) is 18.9 Å². The van der Waals surface area contributed by atoms with Crippen LogP contribution in [0.1, 0.15) is 25.3 Å². The number of esters is 1. The molecule has 0 radical (unpaired) electrons. The van der Waals surface area contributed by atoms with E-state index < -0.39 is 11.4 Å². The lowest BCUT2D eigenvalue weighted by Gasteiger charge is -2.29. The van der Waals surface area contributed by atoms with Gasteiger partial charge in [0.15, 0.2) is 0 Å². The molecule has 1 N–H and O–H groups in total. The number of aliphatic hydroxyl groups is 1. The van der Waals surface area contributed by atoms with Gasteiger partial charge in [0.05, 0.1) is 19.3 Å². The zero-order valence-corrected chi connectivity index (χ0v) is 10.4. The number of hydrogen-bond donors (Lipinski definition) is 1. The predicted molar refractivity (Wildman–Crippen MR) is 66.7 cm³/mol. The fraction of sp³-hybridized carbons (Fsp3) is 0.429. The van der Waals surface area contributed by atoms with Crippen molar-refractivity contribution in [3.8, 4) is 6.07 Å². The molecule has 0 fully saturated rings. The Labute approximate surface area is 107 Å². The van der Waals surface area contributed by atoms with Gasteiger partial charge >= 0.3 is 5.97 Å². The van der Waals surface area contributed by atoms with Crippen LogP contribution in [0.2, 0.25) is 0 Å². The third-order valence-corrected chi connectivity index (χ3v) is 2.93. The SMILES string of the molecule is CCOC(=O)C(CO)(CCC#N)c1ccccc1. The molecule has 96 valence electrons. The van der Waals surface area contributed by atoms with Crippen LogP contribution in [-0.4, -0.2) is 24.3 Å². The summed E-state index contributed by atoms with van der Waals surface area (Å²) in [5.74, 6) is -0.478. The lowest BCUT2D eigenvalue weighted by atomic mass is 9.77.